The van der Waals surface area contributed by atoms with Crippen LogP contribution in [0.5, 0.6) is 11.5 Å². The molecule has 33 heavy (non-hydrogen) atoms. The summed E-state index contributed by atoms with van der Waals surface area (Å²) in [5.41, 5.74) is 3.89. The van der Waals surface area contributed by atoms with Crippen molar-refractivity contribution >= 4 is 11.9 Å². The second-order valence-electron chi connectivity index (χ2n) is 7.94. The third-order valence-electron chi connectivity index (χ3n) is 5.83. The fourth-order valence-electron chi connectivity index (χ4n) is 4.20. The Morgan fingerprint density at radius 3 is 2.73 bits per heavy atom. The summed E-state index contributed by atoms with van der Waals surface area (Å²) in [6.07, 6.45) is 4.31. The Kier molecular flexibility index (Phi) is 5.68. The highest BCUT2D eigenvalue weighted by Crippen LogP contribution is 2.33. The molecule has 1 aromatic carbocycles. The summed E-state index contributed by atoms with van der Waals surface area (Å²) >= 11 is 0. The van der Waals surface area contributed by atoms with Crippen LogP contribution in [0.15, 0.2) is 42.7 Å². The zero-order valence-corrected chi connectivity index (χ0v) is 18.3. The number of hydrogen-bond donors (Lipinski definition) is 0. The van der Waals surface area contributed by atoms with Crippen molar-refractivity contribution in [2.75, 3.05) is 19.9 Å². The van der Waals surface area contributed by atoms with Gasteiger partial charge in [-0.2, -0.15) is 5.10 Å². The van der Waals surface area contributed by atoms with E-state index < -0.39 is 5.97 Å². The Bertz CT molecular complexity index is 1190. The summed E-state index contributed by atoms with van der Waals surface area (Å²) in [4.78, 5) is 31.5. The van der Waals surface area contributed by atoms with Gasteiger partial charge in [-0.05, 0) is 42.3 Å². The van der Waals surface area contributed by atoms with Crippen LogP contribution in [-0.4, -0.2) is 51.5 Å². The van der Waals surface area contributed by atoms with Crippen LogP contribution in [0.4, 0.5) is 0 Å². The average Bonchev–Trinajstić information content (AvgIpc) is 3.44. The van der Waals surface area contributed by atoms with Crippen LogP contribution < -0.4 is 9.47 Å². The first kappa shape index (κ1) is 21.0. The molecule has 0 atom stereocenters. The number of nitrogens with zero attached hydrogens (tertiary/aromatic N) is 4. The number of benzene rings is 1. The smallest absolute Gasteiger partial charge is 0.359 e. The molecule has 5 rings (SSSR count). The SMILES string of the molecule is CCOC(=O)c1nn(Cc2ccncc2)c2c1CN(C(=O)Cc1ccc3c(c1)OCO3)CC2. The second kappa shape index (κ2) is 8.93. The molecule has 0 saturated carbocycles. The van der Waals surface area contributed by atoms with Gasteiger partial charge in [0.05, 0.1) is 19.6 Å². The standard InChI is InChI=1S/C24H24N4O5/c1-2-31-24(30)23-18-14-27(22(29)12-17-3-4-20-21(11-17)33-15-32-20)10-7-19(18)28(26-23)13-16-5-8-25-9-6-16/h3-6,8-9,11H,2,7,10,12-15H2,1H3. The van der Waals surface area contributed by atoms with Gasteiger partial charge in [-0.1, -0.05) is 6.07 Å². The van der Waals surface area contributed by atoms with Gasteiger partial charge in [0.25, 0.3) is 0 Å². The van der Waals surface area contributed by atoms with Gasteiger partial charge in [0.15, 0.2) is 17.2 Å². The lowest BCUT2D eigenvalue weighted by Crippen LogP contribution is -2.37. The first-order valence-electron chi connectivity index (χ1n) is 10.9. The Hall–Kier alpha value is -3.88. The van der Waals surface area contributed by atoms with E-state index >= 15 is 0 Å². The Morgan fingerprint density at radius 2 is 1.91 bits per heavy atom. The number of amides is 1. The normalized spacial score (nSPS) is 14.2. The van der Waals surface area contributed by atoms with E-state index in [1.54, 1.807) is 24.2 Å². The van der Waals surface area contributed by atoms with E-state index in [4.69, 9.17) is 14.2 Å². The summed E-state index contributed by atoms with van der Waals surface area (Å²) < 4.78 is 17.8. The maximum Gasteiger partial charge on any atom is 0.359 e. The van der Waals surface area contributed by atoms with Crippen molar-refractivity contribution in [1.29, 1.82) is 0 Å². The minimum absolute atomic E-state index is 0.0174. The van der Waals surface area contributed by atoms with Crippen molar-refractivity contribution in [2.45, 2.75) is 32.9 Å². The van der Waals surface area contributed by atoms with E-state index in [0.29, 0.717) is 37.6 Å². The molecule has 0 spiro atoms. The number of pyridine rings is 1. The first-order chi connectivity index (χ1) is 16.1. The fourth-order valence-corrected chi connectivity index (χ4v) is 4.20. The van der Waals surface area contributed by atoms with Crippen molar-refractivity contribution in [3.05, 3.63) is 70.8 Å². The van der Waals surface area contributed by atoms with Crippen molar-refractivity contribution in [2.24, 2.45) is 0 Å². The lowest BCUT2D eigenvalue weighted by molar-refractivity contribution is -0.131. The molecule has 4 heterocycles. The zero-order valence-electron chi connectivity index (χ0n) is 18.3. The van der Waals surface area contributed by atoms with Gasteiger partial charge in [0.1, 0.15) is 0 Å². The molecular weight excluding hydrogens is 424 g/mol. The van der Waals surface area contributed by atoms with E-state index in [1.165, 1.54) is 0 Å². The van der Waals surface area contributed by atoms with Gasteiger partial charge in [-0.25, -0.2) is 4.79 Å². The summed E-state index contributed by atoms with van der Waals surface area (Å²) in [6, 6.07) is 9.37. The van der Waals surface area contributed by atoms with Crippen molar-refractivity contribution in [1.82, 2.24) is 19.7 Å². The third kappa shape index (κ3) is 4.26. The Morgan fingerprint density at radius 1 is 1.09 bits per heavy atom. The van der Waals surface area contributed by atoms with Crippen LogP contribution in [0, 0.1) is 0 Å². The Balaban J connectivity index is 1.37. The van der Waals surface area contributed by atoms with Crippen LogP contribution in [0.25, 0.3) is 0 Å². The molecule has 9 heteroatoms. The average molecular weight is 448 g/mol. The van der Waals surface area contributed by atoms with E-state index in [0.717, 1.165) is 22.4 Å². The molecule has 3 aromatic rings. The minimum Gasteiger partial charge on any atom is -0.461 e. The molecule has 0 bridgehead atoms. The number of fused-ring (bicyclic) bond motifs is 2. The largest absolute Gasteiger partial charge is 0.461 e. The number of aromatic nitrogens is 3. The lowest BCUT2D eigenvalue weighted by Gasteiger charge is -2.28. The van der Waals surface area contributed by atoms with Gasteiger partial charge in [0.2, 0.25) is 12.7 Å². The molecule has 0 aliphatic carbocycles. The summed E-state index contributed by atoms with van der Waals surface area (Å²) in [5.74, 6) is 0.862. The van der Waals surface area contributed by atoms with Crippen LogP contribution in [0.1, 0.15) is 39.8 Å². The molecule has 0 fully saturated rings. The van der Waals surface area contributed by atoms with Crippen LogP contribution in [0.2, 0.25) is 0 Å². The number of hydrogen-bond acceptors (Lipinski definition) is 7. The molecule has 0 saturated heterocycles. The predicted octanol–water partition coefficient (Wildman–Crippen LogP) is 2.36. The third-order valence-corrected chi connectivity index (χ3v) is 5.83. The van der Waals surface area contributed by atoms with E-state index in [9.17, 15) is 9.59 Å². The second-order valence-corrected chi connectivity index (χ2v) is 7.94. The quantitative estimate of drug-likeness (QED) is 0.534. The monoisotopic (exact) mass is 448 g/mol. The highest BCUT2D eigenvalue weighted by atomic mass is 16.7. The topological polar surface area (TPSA) is 95.8 Å². The van der Waals surface area contributed by atoms with E-state index in [1.807, 2.05) is 35.0 Å². The van der Waals surface area contributed by atoms with Crippen molar-refractivity contribution in [3.8, 4) is 11.5 Å². The number of carbonyl (C=O) groups is 2. The number of carbonyl (C=O) groups excluding carboxylic acids is 2. The minimum atomic E-state index is -0.465. The highest BCUT2D eigenvalue weighted by molar-refractivity contribution is 5.89. The van der Waals surface area contributed by atoms with E-state index in [-0.39, 0.29) is 31.4 Å². The summed E-state index contributed by atoms with van der Waals surface area (Å²) in [5, 5.41) is 4.58. The van der Waals surface area contributed by atoms with Gasteiger partial charge in [-0.3, -0.25) is 14.5 Å². The molecule has 0 N–H and O–H groups in total. The maximum atomic E-state index is 13.1. The summed E-state index contributed by atoms with van der Waals surface area (Å²) in [6.45, 7) is 3.62. The highest BCUT2D eigenvalue weighted by Gasteiger charge is 2.31. The molecule has 2 aliphatic heterocycles. The predicted molar refractivity (Wildman–Crippen MR) is 117 cm³/mol. The molecule has 2 aliphatic rings. The fraction of sp³-hybridized carbons (Fsp3) is 0.333. The molecule has 1 amide bonds. The van der Waals surface area contributed by atoms with Crippen molar-refractivity contribution < 1.29 is 23.8 Å². The van der Waals surface area contributed by atoms with Crippen LogP contribution >= 0.6 is 0 Å². The number of rotatable bonds is 6. The van der Waals surface area contributed by atoms with E-state index in [2.05, 4.69) is 10.1 Å². The summed E-state index contributed by atoms with van der Waals surface area (Å²) in [7, 11) is 0. The lowest BCUT2D eigenvalue weighted by atomic mass is 10.0. The van der Waals surface area contributed by atoms with Gasteiger partial charge in [0, 0.05) is 43.2 Å². The van der Waals surface area contributed by atoms with Crippen molar-refractivity contribution in [3.63, 3.8) is 0 Å². The number of esters is 1. The van der Waals surface area contributed by atoms with Gasteiger partial charge < -0.3 is 19.1 Å². The first-order valence-corrected chi connectivity index (χ1v) is 10.9. The molecule has 2 aromatic heterocycles. The zero-order chi connectivity index (χ0) is 22.8. The van der Waals surface area contributed by atoms with Crippen LogP contribution in [-0.2, 0) is 35.5 Å². The number of ether oxygens (including phenoxy) is 3. The molecule has 9 nitrogen and oxygen atoms in total. The molecule has 0 unspecified atom stereocenters. The van der Waals surface area contributed by atoms with Gasteiger partial charge in [-0.15, -0.1) is 0 Å². The van der Waals surface area contributed by atoms with Gasteiger partial charge >= 0.3 is 5.97 Å². The Labute approximate surface area is 190 Å². The molecule has 0 radical (unpaired) electrons. The van der Waals surface area contributed by atoms with Crippen LogP contribution in [0.3, 0.4) is 0 Å². The molecular formula is C24H24N4O5. The maximum absolute atomic E-state index is 13.1. The molecule has 170 valence electrons.